The molecule has 2 aromatic rings. The van der Waals surface area contributed by atoms with E-state index in [9.17, 15) is 13.2 Å². The summed E-state index contributed by atoms with van der Waals surface area (Å²) in [4.78, 5) is 12.3. The molecule has 146 valence electrons. The van der Waals surface area contributed by atoms with Crippen molar-refractivity contribution in [1.82, 2.24) is 5.32 Å². The molecule has 0 radical (unpaired) electrons. The van der Waals surface area contributed by atoms with Crippen molar-refractivity contribution >= 4 is 33.2 Å². The number of methoxy groups -OCH3 is 1. The molecule has 1 atom stereocenters. The predicted octanol–water partition coefficient (Wildman–Crippen LogP) is 2.92. The number of nitrogens with one attached hydrogen (secondary N) is 2. The summed E-state index contributed by atoms with van der Waals surface area (Å²) in [6, 6.07) is 11.2. The Bertz CT molecular complexity index is 900. The number of rotatable bonds is 8. The highest BCUT2D eigenvalue weighted by molar-refractivity contribution is 7.92. The zero-order valence-corrected chi connectivity index (χ0v) is 16.7. The van der Waals surface area contributed by atoms with Gasteiger partial charge in [-0.15, -0.1) is 0 Å². The van der Waals surface area contributed by atoms with Crippen LogP contribution in [0.1, 0.15) is 17.3 Å². The van der Waals surface area contributed by atoms with E-state index in [2.05, 4.69) is 10.0 Å². The highest BCUT2D eigenvalue weighted by Crippen LogP contribution is 2.24. The smallest absolute Gasteiger partial charge is 0.251 e. The van der Waals surface area contributed by atoms with Crippen molar-refractivity contribution < 1.29 is 22.7 Å². The third-order valence-electron chi connectivity index (χ3n) is 3.46. The Labute approximate surface area is 163 Å². The fourth-order valence-electron chi connectivity index (χ4n) is 2.18. The summed E-state index contributed by atoms with van der Waals surface area (Å²) in [6.45, 7) is 2.09. The Morgan fingerprint density at radius 2 is 1.78 bits per heavy atom. The summed E-state index contributed by atoms with van der Waals surface area (Å²) in [5, 5.41) is 2.93. The molecule has 2 N–H and O–H groups in total. The van der Waals surface area contributed by atoms with E-state index in [1.165, 1.54) is 18.2 Å². The largest absolute Gasteiger partial charge is 0.497 e. The van der Waals surface area contributed by atoms with Crippen molar-refractivity contribution in [3.63, 3.8) is 0 Å². The highest BCUT2D eigenvalue weighted by Gasteiger charge is 2.13. The number of carbonyl (C=O) groups is 1. The minimum absolute atomic E-state index is 0.134. The molecule has 2 rings (SSSR count). The maximum absolute atomic E-state index is 12.3. The van der Waals surface area contributed by atoms with Crippen LogP contribution in [0.4, 0.5) is 5.69 Å². The number of anilines is 1. The lowest BCUT2D eigenvalue weighted by atomic mass is 10.2. The quantitative estimate of drug-likeness (QED) is 0.695. The van der Waals surface area contributed by atoms with Crippen LogP contribution < -0.4 is 19.5 Å². The third-order valence-corrected chi connectivity index (χ3v) is 4.37. The minimum Gasteiger partial charge on any atom is -0.497 e. The lowest BCUT2D eigenvalue weighted by Gasteiger charge is -2.16. The van der Waals surface area contributed by atoms with Gasteiger partial charge in [-0.2, -0.15) is 0 Å². The molecule has 0 spiro atoms. The molecule has 27 heavy (non-hydrogen) atoms. The first-order valence-corrected chi connectivity index (χ1v) is 10.3. The maximum atomic E-state index is 12.3. The van der Waals surface area contributed by atoms with Gasteiger partial charge >= 0.3 is 0 Å². The van der Waals surface area contributed by atoms with Gasteiger partial charge in [0.15, 0.2) is 0 Å². The van der Waals surface area contributed by atoms with Gasteiger partial charge in [-0.1, -0.05) is 11.6 Å². The van der Waals surface area contributed by atoms with Crippen molar-refractivity contribution in [2.24, 2.45) is 0 Å². The van der Waals surface area contributed by atoms with Crippen molar-refractivity contribution in [2.45, 2.75) is 13.0 Å². The van der Waals surface area contributed by atoms with E-state index in [1.54, 1.807) is 31.4 Å². The van der Waals surface area contributed by atoms with Crippen LogP contribution in [0, 0.1) is 0 Å². The Balaban J connectivity index is 1.92. The number of sulfonamides is 1. The molecule has 0 saturated carbocycles. The monoisotopic (exact) mass is 412 g/mol. The van der Waals surface area contributed by atoms with Gasteiger partial charge in [0.05, 0.1) is 30.1 Å². The van der Waals surface area contributed by atoms with E-state index in [0.717, 1.165) is 12.0 Å². The summed E-state index contributed by atoms with van der Waals surface area (Å²) >= 11 is 6.04. The normalized spacial score (nSPS) is 12.1. The fraction of sp³-hybridized carbons (Fsp3) is 0.278. The molecule has 0 bridgehead atoms. The maximum Gasteiger partial charge on any atom is 0.251 e. The van der Waals surface area contributed by atoms with Crippen LogP contribution >= 0.6 is 11.6 Å². The van der Waals surface area contributed by atoms with Gasteiger partial charge in [-0.3, -0.25) is 9.52 Å². The second-order valence-corrected chi connectivity index (χ2v) is 8.09. The molecule has 2 aromatic carbocycles. The van der Waals surface area contributed by atoms with Crippen LogP contribution in [0.5, 0.6) is 11.5 Å². The third kappa shape index (κ3) is 6.65. The molecule has 0 aliphatic heterocycles. The number of carbonyl (C=O) groups excluding carboxylic acids is 1. The van der Waals surface area contributed by atoms with Crippen LogP contribution in [0.2, 0.25) is 5.02 Å². The standard InChI is InChI=1S/C18H21ClN2O5S/c1-12(11-26-15-7-5-14(25-2)6-8-15)20-18(22)13-4-9-17(16(19)10-13)21-27(3,23)24/h4-10,12,21H,11H2,1-3H3,(H,20,22)/t12-/m1/s1. The Morgan fingerprint density at radius 3 is 2.33 bits per heavy atom. The molecule has 0 aromatic heterocycles. The van der Waals surface area contributed by atoms with Gasteiger partial charge in [0.2, 0.25) is 10.0 Å². The first-order chi connectivity index (χ1) is 12.7. The topological polar surface area (TPSA) is 93.7 Å². The molecule has 0 saturated heterocycles. The number of benzene rings is 2. The van der Waals surface area contributed by atoms with Crippen molar-refractivity contribution in [3.8, 4) is 11.5 Å². The predicted molar refractivity (Wildman–Crippen MR) is 105 cm³/mol. The van der Waals surface area contributed by atoms with Crippen LogP contribution in [0.15, 0.2) is 42.5 Å². The van der Waals surface area contributed by atoms with Gasteiger partial charge in [0.1, 0.15) is 18.1 Å². The van der Waals surface area contributed by atoms with E-state index in [0.29, 0.717) is 11.3 Å². The van der Waals surface area contributed by atoms with Gasteiger partial charge < -0.3 is 14.8 Å². The zero-order chi connectivity index (χ0) is 20.0. The zero-order valence-electron chi connectivity index (χ0n) is 15.2. The lowest BCUT2D eigenvalue weighted by Crippen LogP contribution is -2.36. The fourth-order valence-corrected chi connectivity index (χ4v) is 3.04. The second-order valence-electron chi connectivity index (χ2n) is 5.93. The van der Waals surface area contributed by atoms with Crippen LogP contribution in [0.25, 0.3) is 0 Å². The highest BCUT2D eigenvalue weighted by atomic mass is 35.5. The van der Waals surface area contributed by atoms with Crippen molar-refractivity contribution in [2.75, 3.05) is 24.7 Å². The Kier molecular flexibility index (Phi) is 6.92. The second kappa shape index (κ2) is 8.96. The van der Waals surface area contributed by atoms with Gasteiger partial charge in [-0.25, -0.2) is 8.42 Å². The molecule has 7 nitrogen and oxygen atoms in total. The molecular formula is C18H21ClN2O5S. The van der Waals surface area contributed by atoms with E-state index < -0.39 is 10.0 Å². The molecule has 0 aliphatic rings. The molecule has 9 heteroatoms. The van der Waals surface area contributed by atoms with E-state index >= 15 is 0 Å². The average molecular weight is 413 g/mol. The van der Waals surface area contributed by atoms with Crippen LogP contribution in [0.3, 0.4) is 0 Å². The molecule has 0 unspecified atom stereocenters. The number of amides is 1. The summed E-state index contributed by atoms with van der Waals surface area (Å²) in [5.41, 5.74) is 0.530. The first kappa shape index (κ1) is 20.9. The summed E-state index contributed by atoms with van der Waals surface area (Å²) in [6.07, 6.45) is 1.02. The number of hydrogen-bond acceptors (Lipinski definition) is 5. The molecule has 0 heterocycles. The van der Waals surface area contributed by atoms with E-state index in [4.69, 9.17) is 21.1 Å². The van der Waals surface area contributed by atoms with Gasteiger partial charge in [0.25, 0.3) is 5.91 Å². The Hall–Kier alpha value is -2.45. The summed E-state index contributed by atoms with van der Waals surface area (Å²) in [7, 11) is -1.86. The van der Waals surface area contributed by atoms with Gasteiger partial charge in [-0.05, 0) is 49.4 Å². The number of halogens is 1. The first-order valence-electron chi connectivity index (χ1n) is 8.03. The average Bonchev–Trinajstić information content (AvgIpc) is 2.61. The molecule has 1 amide bonds. The van der Waals surface area contributed by atoms with Crippen molar-refractivity contribution in [1.29, 1.82) is 0 Å². The molecule has 0 aliphatic carbocycles. The summed E-state index contributed by atoms with van der Waals surface area (Å²) < 4.78 is 35.5. The van der Waals surface area contributed by atoms with Crippen LogP contribution in [-0.4, -0.2) is 40.3 Å². The molecular weight excluding hydrogens is 392 g/mol. The number of hydrogen-bond donors (Lipinski definition) is 2. The van der Waals surface area contributed by atoms with E-state index in [-0.39, 0.29) is 29.3 Å². The SMILES string of the molecule is COc1ccc(OC[C@@H](C)NC(=O)c2ccc(NS(C)(=O)=O)c(Cl)c2)cc1. The lowest BCUT2D eigenvalue weighted by molar-refractivity contribution is 0.0926. The van der Waals surface area contributed by atoms with Crippen molar-refractivity contribution in [3.05, 3.63) is 53.1 Å². The van der Waals surface area contributed by atoms with E-state index in [1.807, 2.05) is 6.92 Å². The molecule has 0 fully saturated rings. The van der Waals surface area contributed by atoms with Crippen LogP contribution in [-0.2, 0) is 10.0 Å². The Morgan fingerprint density at radius 1 is 1.15 bits per heavy atom. The van der Waals surface area contributed by atoms with Gasteiger partial charge in [0, 0.05) is 5.56 Å². The summed E-state index contributed by atoms with van der Waals surface area (Å²) in [5.74, 6) is 1.05. The minimum atomic E-state index is -3.45. The number of ether oxygens (including phenoxy) is 2.